The van der Waals surface area contributed by atoms with Gasteiger partial charge >= 0.3 is 0 Å². The topological polar surface area (TPSA) is 42.6 Å². The lowest BCUT2D eigenvalue weighted by atomic mass is 10.2. The molecule has 0 saturated carbocycles. The van der Waals surface area contributed by atoms with Crippen LogP contribution in [0.15, 0.2) is 52.9 Å². The zero-order chi connectivity index (χ0) is 13.2. The van der Waals surface area contributed by atoms with Crippen LogP contribution >= 0.6 is 11.6 Å². The van der Waals surface area contributed by atoms with E-state index < -0.39 is 0 Å². The molecule has 4 heteroatoms. The lowest BCUT2D eigenvalue weighted by Gasteiger charge is -2.05. The normalized spacial score (nSPS) is 10.8. The molecule has 0 saturated heterocycles. The van der Waals surface area contributed by atoms with Crippen molar-refractivity contribution in [2.45, 2.75) is 6.61 Å². The summed E-state index contributed by atoms with van der Waals surface area (Å²) < 4.78 is 11.1. The minimum absolute atomic E-state index is 0.108. The molecule has 0 spiro atoms. The third kappa shape index (κ3) is 2.37. The van der Waals surface area contributed by atoms with Crippen LogP contribution < -0.4 is 4.74 Å². The number of benzene rings is 2. The van der Waals surface area contributed by atoms with Crippen LogP contribution in [-0.4, -0.2) is 5.11 Å². The molecule has 19 heavy (non-hydrogen) atoms. The van der Waals surface area contributed by atoms with E-state index in [2.05, 4.69) is 0 Å². The maximum atomic E-state index is 9.60. The van der Waals surface area contributed by atoms with Crippen molar-refractivity contribution in [2.24, 2.45) is 0 Å². The first-order valence-electron chi connectivity index (χ1n) is 5.82. The monoisotopic (exact) mass is 274 g/mol. The Hall–Kier alpha value is -2.13. The maximum absolute atomic E-state index is 9.60. The van der Waals surface area contributed by atoms with E-state index in [0.29, 0.717) is 16.5 Å². The van der Waals surface area contributed by atoms with Gasteiger partial charge in [0.05, 0.1) is 5.02 Å². The third-order valence-corrected chi connectivity index (χ3v) is 3.12. The Kier molecular flexibility index (Phi) is 3.05. The summed E-state index contributed by atoms with van der Waals surface area (Å²) in [5, 5.41) is 11.1. The Balaban J connectivity index is 1.83. The molecule has 0 aliphatic heterocycles. The largest absolute Gasteiger partial charge is 0.504 e. The van der Waals surface area contributed by atoms with E-state index in [1.165, 1.54) is 0 Å². The van der Waals surface area contributed by atoms with Crippen LogP contribution in [0.2, 0.25) is 5.02 Å². The van der Waals surface area contributed by atoms with Gasteiger partial charge in [-0.2, -0.15) is 0 Å². The fourth-order valence-electron chi connectivity index (χ4n) is 1.88. The summed E-state index contributed by atoms with van der Waals surface area (Å²) in [5.41, 5.74) is 0.725. The number of phenols is 1. The second-order valence-corrected chi connectivity index (χ2v) is 4.53. The van der Waals surface area contributed by atoms with Crippen LogP contribution in [0.3, 0.4) is 0 Å². The fraction of sp³-hybridized carbons (Fsp3) is 0.0667. The van der Waals surface area contributed by atoms with Gasteiger partial charge < -0.3 is 14.3 Å². The summed E-state index contributed by atoms with van der Waals surface area (Å²) in [5.74, 6) is 1.19. The van der Waals surface area contributed by atoms with E-state index in [1.807, 2.05) is 24.3 Å². The number of hydrogen-bond donors (Lipinski definition) is 1. The molecule has 3 nitrogen and oxygen atoms in total. The zero-order valence-electron chi connectivity index (χ0n) is 9.97. The van der Waals surface area contributed by atoms with Gasteiger partial charge in [0.1, 0.15) is 18.0 Å². The average Bonchev–Trinajstić information content (AvgIpc) is 2.82. The van der Waals surface area contributed by atoms with Crippen molar-refractivity contribution in [1.82, 2.24) is 0 Å². The molecule has 0 aliphatic carbocycles. The lowest BCUT2D eigenvalue weighted by molar-refractivity contribution is 0.262. The van der Waals surface area contributed by atoms with Gasteiger partial charge in [0, 0.05) is 5.39 Å². The van der Waals surface area contributed by atoms with Crippen molar-refractivity contribution < 1.29 is 14.3 Å². The number of ether oxygens (including phenoxy) is 1. The molecule has 0 fully saturated rings. The van der Waals surface area contributed by atoms with Crippen molar-refractivity contribution in [1.29, 1.82) is 0 Å². The number of furan rings is 1. The molecule has 1 N–H and O–H groups in total. The van der Waals surface area contributed by atoms with E-state index >= 15 is 0 Å². The summed E-state index contributed by atoms with van der Waals surface area (Å²) in [6.45, 7) is 0.239. The number of aromatic hydroxyl groups is 1. The molecule has 0 bridgehead atoms. The fourth-order valence-corrected chi connectivity index (χ4v) is 2.10. The standard InChI is InChI=1S/C15H11ClO3/c16-12-4-3-7-14-11(12)8-10(19-14)9-18-15-6-2-1-5-13(15)17/h1-8,17H,9H2. The summed E-state index contributed by atoms with van der Waals surface area (Å²) in [4.78, 5) is 0. The molecule has 0 amide bonds. The second-order valence-electron chi connectivity index (χ2n) is 4.12. The molecular formula is C15H11ClO3. The quantitative estimate of drug-likeness (QED) is 0.771. The van der Waals surface area contributed by atoms with E-state index in [-0.39, 0.29) is 12.4 Å². The first-order valence-corrected chi connectivity index (χ1v) is 6.19. The molecule has 1 heterocycles. The van der Waals surface area contributed by atoms with E-state index in [9.17, 15) is 5.11 Å². The summed E-state index contributed by atoms with van der Waals surface area (Å²) in [6, 6.07) is 14.2. The van der Waals surface area contributed by atoms with Gasteiger partial charge in [-0.05, 0) is 30.3 Å². The van der Waals surface area contributed by atoms with E-state index in [0.717, 1.165) is 11.0 Å². The smallest absolute Gasteiger partial charge is 0.161 e. The van der Waals surface area contributed by atoms with Crippen LogP contribution in [0.4, 0.5) is 0 Å². The molecule has 3 rings (SSSR count). The van der Waals surface area contributed by atoms with Crippen LogP contribution in [0.25, 0.3) is 11.0 Å². The Morgan fingerprint density at radius 2 is 1.95 bits per heavy atom. The number of rotatable bonds is 3. The highest BCUT2D eigenvalue weighted by molar-refractivity contribution is 6.35. The van der Waals surface area contributed by atoms with Crippen molar-refractivity contribution in [2.75, 3.05) is 0 Å². The van der Waals surface area contributed by atoms with Gasteiger partial charge in [-0.15, -0.1) is 0 Å². The van der Waals surface area contributed by atoms with Gasteiger partial charge in [-0.3, -0.25) is 0 Å². The van der Waals surface area contributed by atoms with Gasteiger partial charge in [-0.25, -0.2) is 0 Å². The highest BCUT2D eigenvalue weighted by Crippen LogP contribution is 2.29. The predicted molar refractivity (Wildman–Crippen MR) is 73.7 cm³/mol. The SMILES string of the molecule is Oc1ccccc1OCc1cc2c(Cl)cccc2o1. The Bertz CT molecular complexity index is 718. The molecule has 0 atom stereocenters. The highest BCUT2D eigenvalue weighted by Gasteiger charge is 2.08. The summed E-state index contributed by atoms with van der Waals surface area (Å²) in [6.07, 6.45) is 0. The van der Waals surface area contributed by atoms with Gasteiger partial charge in [0.15, 0.2) is 11.5 Å². The number of fused-ring (bicyclic) bond motifs is 1. The van der Waals surface area contributed by atoms with Gasteiger partial charge in [0.25, 0.3) is 0 Å². The first kappa shape index (κ1) is 11.9. The molecular weight excluding hydrogens is 264 g/mol. The van der Waals surface area contributed by atoms with E-state index in [1.54, 1.807) is 24.3 Å². The Morgan fingerprint density at radius 3 is 2.74 bits per heavy atom. The van der Waals surface area contributed by atoms with Crippen molar-refractivity contribution in [3.05, 3.63) is 59.3 Å². The first-order chi connectivity index (χ1) is 9.24. The van der Waals surface area contributed by atoms with E-state index in [4.69, 9.17) is 20.8 Å². The molecule has 1 aromatic heterocycles. The van der Waals surface area contributed by atoms with Crippen LogP contribution in [0.5, 0.6) is 11.5 Å². The zero-order valence-corrected chi connectivity index (χ0v) is 10.7. The lowest BCUT2D eigenvalue weighted by Crippen LogP contribution is -1.93. The molecule has 3 aromatic rings. The van der Waals surface area contributed by atoms with Crippen LogP contribution in [-0.2, 0) is 6.61 Å². The molecule has 0 aliphatic rings. The van der Waals surface area contributed by atoms with Crippen LogP contribution in [0.1, 0.15) is 5.76 Å². The number of hydrogen-bond acceptors (Lipinski definition) is 3. The highest BCUT2D eigenvalue weighted by atomic mass is 35.5. The van der Waals surface area contributed by atoms with Crippen LogP contribution in [0, 0.1) is 0 Å². The third-order valence-electron chi connectivity index (χ3n) is 2.79. The minimum atomic E-state index is 0.108. The van der Waals surface area contributed by atoms with Gasteiger partial charge in [-0.1, -0.05) is 29.8 Å². The molecule has 0 unspecified atom stereocenters. The molecule has 96 valence electrons. The summed E-state index contributed by atoms with van der Waals surface area (Å²) in [7, 11) is 0. The van der Waals surface area contributed by atoms with Crippen molar-refractivity contribution in [3.63, 3.8) is 0 Å². The number of halogens is 1. The average molecular weight is 275 g/mol. The van der Waals surface area contributed by atoms with Crippen molar-refractivity contribution >= 4 is 22.6 Å². The molecule has 2 aromatic carbocycles. The second kappa shape index (κ2) is 4.86. The summed E-state index contributed by atoms with van der Waals surface area (Å²) >= 11 is 6.07. The van der Waals surface area contributed by atoms with Gasteiger partial charge in [0.2, 0.25) is 0 Å². The van der Waals surface area contributed by atoms with Crippen molar-refractivity contribution in [3.8, 4) is 11.5 Å². The Morgan fingerprint density at radius 1 is 1.11 bits per heavy atom. The predicted octanol–water partition coefficient (Wildman–Crippen LogP) is 4.37. The number of phenolic OH excluding ortho intramolecular Hbond substituents is 1. The molecule has 0 radical (unpaired) electrons. The minimum Gasteiger partial charge on any atom is -0.504 e. The Labute approximate surface area is 115 Å². The maximum Gasteiger partial charge on any atom is 0.161 e. The number of para-hydroxylation sites is 2.